The van der Waals surface area contributed by atoms with Gasteiger partial charge in [-0.2, -0.15) is 10.4 Å². The molecule has 1 heterocycles. The number of nitrogens with zero attached hydrogens (tertiary/aromatic N) is 5. The molecule has 0 radical (unpaired) electrons. The predicted molar refractivity (Wildman–Crippen MR) is 89.1 cm³/mol. The third kappa shape index (κ3) is 2.78. The Kier molecular flexibility index (Phi) is 4.34. The number of amides is 1. The van der Waals surface area contributed by atoms with Crippen LogP contribution in [-0.2, 0) is 4.79 Å². The molecule has 1 fully saturated rings. The van der Waals surface area contributed by atoms with Gasteiger partial charge in [-0.1, -0.05) is 25.0 Å². The van der Waals surface area contributed by atoms with Crippen LogP contribution < -0.4 is 0 Å². The molecular formula is C18H21N5O. The van der Waals surface area contributed by atoms with Crippen molar-refractivity contribution in [2.24, 2.45) is 5.41 Å². The number of benzene rings is 1. The molecule has 24 heavy (non-hydrogen) atoms. The van der Waals surface area contributed by atoms with Gasteiger partial charge in [0.15, 0.2) is 0 Å². The van der Waals surface area contributed by atoms with Crippen molar-refractivity contribution in [2.45, 2.75) is 38.6 Å². The van der Waals surface area contributed by atoms with Gasteiger partial charge in [0.25, 0.3) is 0 Å². The number of carbonyl (C=O) groups excluding carboxylic acids is 1. The summed E-state index contributed by atoms with van der Waals surface area (Å²) in [6.45, 7) is 1.99. The van der Waals surface area contributed by atoms with E-state index in [0.717, 1.165) is 24.1 Å². The van der Waals surface area contributed by atoms with E-state index in [1.807, 2.05) is 31.2 Å². The van der Waals surface area contributed by atoms with Crippen LogP contribution in [0.5, 0.6) is 0 Å². The van der Waals surface area contributed by atoms with Crippen LogP contribution in [0, 0.1) is 16.7 Å². The summed E-state index contributed by atoms with van der Waals surface area (Å²) in [6, 6.07) is 10.1. The number of rotatable bonds is 4. The summed E-state index contributed by atoms with van der Waals surface area (Å²) in [4.78, 5) is 18.5. The van der Waals surface area contributed by atoms with Crippen LogP contribution in [0.25, 0.3) is 5.69 Å². The van der Waals surface area contributed by atoms with Crippen molar-refractivity contribution < 1.29 is 4.79 Å². The van der Waals surface area contributed by atoms with Crippen molar-refractivity contribution in [3.63, 3.8) is 0 Å². The van der Waals surface area contributed by atoms with Gasteiger partial charge in [-0.15, -0.1) is 0 Å². The molecule has 2 aromatic rings. The molecule has 6 heteroatoms. The molecule has 1 aliphatic rings. The fourth-order valence-electron chi connectivity index (χ4n) is 3.34. The van der Waals surface area contributed by atoms with E-state index in [-0.39, 0.29) is 11.9 Å². The summed E-state index contributed by atoms with van der Waals surface area (Å²) in [6.07, 6.45) is 6.38. The van der Waals surface area contributed by atoms with Gasteiger partial charge < -0.3 is 4.90 Å². The molecule has 0 spiro atoms. The molecule has 1 amide bonds. The minimum absolute atomic E-state index is 0.0599. The summed E-state index contributed by atoms with van der Waals surface area (Å²) >= 11 is 0. The average Bonchev–Trinajstić information content (AvgIpc) is 3.32. The van der Waals surface area contributed by atoms with E-state index in [4.69, 9.17) is 0 Å². The first-order chi connectivity index (χ1) is 11.6. The van der Waals surface area contributed by atoms with Crippen molar-refractivity contribution in [1.29, 1.82) is 5.26 Å². The van der Waals surface area contributed by atoms with Gasteiger partial charge in [-0.25, -0.2) is 9.67 Å². The lowest BCUT2D eigenvalue weighted by molar-refractivity contribution is -0.139. The first-order valence-corrected chi connectivity index (χ1v) is 8.21. The lowest BCUT2D eigenvalue weighted by Gasteiger charge is -2.31. The Morgan fingerprint density at radius 2 is 2.00 bits per heavy atom. The van der Waals surface area contributed by atoms with Gasteiger partial charge in [0.2, 0.25) is 5.91 Å². The highest BCUT2D eigenvalue weighted by atomic mass is 16.2. The van der Waals surface area contributed by atoms with Crippen LogP contribution in [0.2, 0.25) is 0 Å². The van der Waals surface area contributed by atoms with Crippen LogP contribution >= 0.6 is 0 Å². The predicted octanol–water partition coefficient (Wildman–Crippen LogP) is 2.87. The fourth-order valence-corrected chi connectivity index (χ4v) is 3.34. The Bertz CT molecular complexity index is 739. The molecule has 6 nitrogen and oxygen atoms in total. The second-order valence-electron chi connectivity index (χ2n) is 6.42. The standard InChI is InChI=1S/C18H21N5O/c1-14(22(2)17(24)18(11-19)9-3-4-10-18)15-5-7-16(8-6-15)23-13-20-12-21-23/h5-8,12-14H,3-4,9-10H2,1-2H3. The van der Waals surface area contributed by atoms with E-state index in [1.165, 1.54) is 6.33 Å². The normalized spacial score (nSPS) is 17.2. The summed E-state index contributed by atoms with van der Waals surface area (Å²) in [5.41, 5.74) is 1.12. The summed E-state index contributed by atoms with van der Waals surface area (Å²) in [5, 5.41) is 13.6. The SMILES string of the molecule is CC(c1ccc(-n2cncn2)cc1)N(C)C(=O)C1(C#N)CCCC1. The molecular weight excluding hydrogens is 302 g/mol. The second-order valence-corrected chi connectivity index (χ2v) is 6.42. The van der Waals surface area contributed by atoms with Gasteiger partial charge in [0, 0.05) is 7.05 Å². The number of carbonyl (C=O) groups is 1. The Morgan fingerprint density at radius 3 is 2.54 bits per heavy atom. The van der Waals surface area contributed by atoms with Crippen LogP contribution in [-0.4, -0.2) is 32.6 Å². The van der Waals surface area contributed by atoms with E-state index < -0.39 is 5.41 Å². The minimum Gasteiger partial charge on any atom is -0.338 e. The van der Waals surface area contributed by atoms with Gasteiger partial charge in [0.05, 0.1) is 17.8 Å². The quantitative estimate of drug-likeness (QED) is 0.867. The van der Waals surface area contributed by atoms with Crippen molar-refractivity contribution in [1.82, 2.24) is 19.7 Å². The first kappa shape index (κ1) is 16.2. The highest BCUT2D eigenvalue weighted by Gasteiger charge is 2.44. The molecule has 1 saturated carbocycles. The third-order valence-electron chi connectivity index (χ3n) is 5.04. The van der Waals surface area contributed by atoms with Crippen LogP contribution in [0.15, 0.2) is 36.9 Å². The second kappa shape index (κ2) is 6.44. The van der Waals surface area contributed by atoms with Crippen LogP contribution in [0.1, 0.15) is 44.2 Å². The molecule has 0 bridgehead atoms. The first-order valence-electron chi connectivity index (χ1n) is 8.21. The van der Waals surface area contributed by atoms with Gasteiger partial charge >= 0.3 is 0 Å². The summed E-state index contributed by atoms with van der Waals surface area (Å²) in [7, 11) is 1.79. The maximum Gasteiger partial charge on any atom is 0.243 e. The number of aromatic nitrogens is 3. The van der Waals surface area contributed by atoms with E-state index in [1.54, 1.807) is 23.0 Å². The molecule has 1 atom stereocenters. The molecule has 1 unspecified atom stereocenters. The smallest absolute Gasteiger partial charge is 0.243 e. The van der Waals surface area contributed by atoms with Crippen molar-refractivity contribution in [3.8, 4) is 11.8 Å². The Labute approximate surface area is 141 Å². The number of hydrogen-bond acceptors (Lipinski definition) is 4. The maximum atomic E-state index is 12.8. The van der Waals surface area contributed by atoms with Crippen molar-refractivity contribution in [2.75, 3.05) is 7.05 Å². The topological polar surface area (TPSA) is 74.8 Å². The number of hydrogen-bond donors (Lipinski definition) is 0. The van der Waals surface area contributed by atoms with Gasteiger partial charge in [-0.05, 0) is 37.5 Å². The van der Waals surface area contributed by atoms with E-state index in [2.05, 4.69) is 16.2 Å². The highest BCUT2D eigenvalue weighted by Crippen LogP contribution is 2.40. The fraction of sp³-hybridized carbons (Fsp3) is 0.444. The van der Waals surface area contributed by atoms with Crippen LogP contribution in [0.3, 0.4) is 0 Å². The number of nitriles is 1. The van der Waals surface area contributed by atoms with E-state index >= 15 is 0 Å². The molecule has 0 N–H and O–H groups in total. The average molecular weight is 323 g/mol. The maximum absolute atomic E-state index is 12.8. The van der Waals surface area contributed by atoms with Gasteiger partial charge in [-0.3, -0.25) is 4.79 Å². The summed E-state index contributed by atoms with van der Waals surface area (Å²) in [5.74, 6) is -0.0599. The molecule has 0 saturated heterocycles. The molecule has 124 valence electrons. The highest BCUT2D eigenvalue weighted by molar-refractivity contribution is 5.86. The van der Waals surface area contributed by atoms with Crippen LogP contribution in [0.4, 0.5) is 0 Å². The molecule has 3 rings (SSSR count). The summed E-state index contributed by atoms with van der Waals surface area (Å²) < 4.78 is 1.69. The molecule has 1 aromatic heterocycles. The van der Waals surface area contributed by atoms with E-state index in [0.29, 0.717) is 12.8 Å². The Morgan fingerprint density at radius 1 is 1.33 bits per heavy atom. The lowest BCUT2D eigenvalue weighted by Crippen LogP contribution is -2.41. The molecule has 0 aliphatic heterocycles. The molecule has 1 aromatic carbocycles. The molecule has 1 aliphatic carbocycles. The largest absolute Gasteiger partial charge is 0.338 e. The Balaban J connectivity index is 1.77. The van der Waals surface area contributed by atoms with Crippen molar-refractivity contribution in [3.05, 3.63) is 42.5 Å². The zero-order valence-corrected chi connectivity index (χ0v) is 14.0. The third-order valence-corrected chi connectivity index (χ3v) is 5.04. The Hall–Kier alpha value is -2.68. The monoisotopic (exact) mass is 323 g/mol. The van der Waals surface area contributed by atoms with Crippen molar-refractivity contribution >= 4 is 5.91 Å². The minimum atomic E-state index is -0.830. The lowest BCUT2D eigenvalue weighted by atomic mass is 9.86. The van der Waals surface area contributed by atoms with Gasteiger partial charge in [0.1, 0.15) is 18.1 Å². The van der Waals surface area contributed by atoms with E-state index in [9.17, 15) is 10.1 Å². The zero-order valence-electron chi connectivity index (χ0n) is 14.0. The zero-order chi connectivity index (χ0) is 17.2.